The van der Waals surface area contributed by atoms with Gasteiger partial charge in [0.15, 0.2) is 0 Å². The number of halogens is 2. The van der Waals surface area contributed by atoms with Crippen LogP contribution < -0.4 is 10.5 Å². The predicted octanol–water partition coefficient (Wildman–Crippen LogP) is 0.891. The molecule has 0 aliphatic carbocycles. The summed E-state index contributed by atoms with van der Waals surface area (Å²) in [5, 5.41) is 0. The summed E-state index contributed by atoms with van der Waals surface area (Å²) in [7, 11) is -3.52. The Morgan fingerprint density at radius 2 is 2.19 bits per heavy atom. The molecule has 0 aliphatic heterocycles. The van der Waals surface area contributed by atoms with Crippen molar-refractivity contribution in [2.75, 3.05) is 6.54 Å². The Labute approximate surface area is 109 Å². The zero-order valence-electron chi connectivity index (χ0n) is 8.55. The van der Waals surface area contributed by atoms with Gasteiger partial charge in [-0.25, -0.2) is 13.1 Å². The van der Waals surface area contributed by atoms with Crippen molar-refractivity contribution >= 4 is 38.4 Å². The molecule has 0 bridgehead atoms. The number of nitrogens with zero attached hydrogens (tertiary/aromatic N) is 1. The molecule has 1 heterocycles. The van der Waals surface area contributed by atoms with Gasteiger partial charge in [0, 0.05) is 29.5 Å². The van der Waals surface area contributed by atoms with Gasteiger partial charge >= 0.3 is 0 Å². The van der Waals surface area contributed by atoms with Crippen molar-refractivity contribution in [1.82, 2.24) is 9.71 Å². The van der Waals surface area contributed by atoms with Crippen molar-refractivity contribution in [1.29, 1.82) is 0 Å². The van der Waals surface area contributed by atoms with Crippen LogP contribution in [-0.4, -0.2) is 26.0 Å². The average Bonchev–Trinajstić information content (AvgIpc) is 2.17. The molecule has 1 atom stereocenters. The van der Waals surface area contributed by atoms with Crippen LogP contribution in [0.25, 0.3) is 0 Å². The zero-order chi connectivity index (χ0) is 11.5. The number of sulfonamides is 1. The number of nitrogens with two attached hydrogens (primary N) is 1. The van der Waals surface area contributed by atoms with Crippen molar-refractivity contribution in [2.45, 2.75) is 17.9 Å². The summed E-state index contributed by atoms with van der Waals surface area (Å²) in [6.45, 7) is 1.95. The summed E-state index contributed by atoms with van der Waals surface area (Å²) in [5.74, 6) is 0. The Balaban J connectivity index is 0.00000225. The number of pyridine rings is 1. The van der Waals surface area contributed by atoms with Gasteiger partial charge in [-0.15, -0.1) is 12.4 Å². The van der Waals surface area contributed by atoms with Crippen molar-refractivity contribution in [3.8, 4) is 0 Å². The van der Waals surface area contributed by atoms with E-state index in [1.807, 2.05) is 0 Å². The molecule has 0 spiro atoms. The third kappa shape index (κ3) is 4.34. The van der Waals surface area contributed by atoms with Crippen LogP contribution in [0.5, 0.6) is 0 Å². The highest BCUT2D eigenvalue weighted by atomic mass is 79.9. The van der Waals surface area contributed by atoms with E-state index < -0.39 is 10.0 Å². The maximum Gasteiger partial charge on any atom is 0.242 e. The molecule has 0 fully saturated rings. The highest BCUT2D eigenvalue weighted by Crippen LogP contribution is 2.14. The smallest absolute Gasteiger partial charge is 0.242 e. The average molecular weight is 331 g/mol. The molecule has 1 aromatic heterocycles. The van der Waals surface area contributed by atoms with Crippen LogP contribution in [0, 0.1) is 0 Å². The molecule has 0 saturated carbocycles. The number of aromatic nitrogens is 1. The van der Waals surface area contributed by atoms with Crippen LogP contribution in [0.1, 0.15) is 6.92 Å². The van der Waals surface area contributed by atoms with Gasteiger partial charge in [0.05, 0.1) is 0 Å². The maximum atomic E-state index is 11.7. The molecule has 0 saturated heterocycles. The highest BCUT2D eigenvalue weighted by Gasteiger charge is 2.16. The van der Waals surface area contributed by atoms with Gasteiger partial charge in [-0.05, 0) is 28.9 Å². The minimum absolute atomic E-state index is 0. The maximum absolute atomic E-state index is 11.7. The molecule has 3 N–H and O–H groups in total. The lowest BCUT2D eigenvalue weighted by Crippen LogP contribution is -2.37. The van der Waals surface area contributed by atoms with Crippen LogP contribution in [0.4, 0.5) is 0 Å². The van der Waals surface area contributed by atoms with Crippen LogP contribution in [0.15, 0.2) is 27.8 Å². The van der Waals surface area contributed by atoms with E-state index in [1.165, 1.54) is 18.5 Å². The molecule has 0 amide bonds. The lowest BCUT2D eigenvalue weighted by Gasteiger charge is -2.11. The lowest BCUT2D eigenvalue weighted by molar-refractivity contribution is 0.562. The zero-order valence-corrected chi connectivity index (χ0v) is 11.8. The van der Waals surface area contributed by atoms with E-state index in [9.17, 15) is 8.42 Å². The minimum atomic E-state index is -3.52. The molecule has 0 unspecified atom stereocenters. The molecule has 5 nitrogen and oxygen atoms in total. The molecule has 0 radical (unpaired) electrons. The van der Waals surface area contributed by atoms with E-state index in [-0.39, 0.29) is 29.9 Å². The Bertz CT molecular complexity index is 441. The molecule has 1 rings (SSSR count). The second-order valence-corrected chi connectivity index (χ2v) is 5.73. The molecule has 92 valence electrons. The fourth-order valence-corrected chi connectivity index (χ4v) is 2.68. The van der Waals surface area contributed by atoms with Crippen LogP contribution in [0.2, 0.25) is 0 Å². The fourth-order valence-electron chi connectivity index (χ4n) is 0.920. The first-order valence-corrected chi connectivity index (χ1v) is 6.56. The van der Waals surface area contributed by atoms with Gasteiger partial charge in [-0.1, -0.05) is 0 Å². The normalized spacial score (nSPS) is 12.9. The second kappa shape index (κ2) is 6.51. The topological polar surface area (TPSA) is 85.1 Å². The molecule has 8 heteroatoms. The van der Waals surface area contributed by atoms with Crippen molar-refractivity contribution in [2.24, 2.45) is 5.73 Å². The molecule has 0 aliphatic rings. The van der Waals surface area contributed by atoms with Crippen LogP contribution >= 0.6 is 28.3 Å². The number of hydrogen-bond acceptors (Lipinski definition) is 4. The summed E-state index contributed by atoms with van der Waals surface area (Å²) >= 11 is 3.16. The van der Waals surface area contributed by atoms with Gasteiger partial charge in [0.1, 0.15) is 4.90 Å². The molecule has 0 aromatic carbocycles. The Morgan fingerprint density at radius 3 is 2.69 bits per heavy atom. The van der Waals surface area contributed by atoms with E-state index in [0.717, 1.165) is 0 Å². The van der Waals surface area contributed by atoms with Gasteiger partial charge in [0.2, 0.25) is 10.0 Å². The first-order valence-electron chi connectivity index (χ1n) is 4.28. The van der Waals surface area contributed by atoms with Crippen LogP contribution in [-0.2, 0) is 10.0 Å². The summed E-state index contributed by atoms with van der Waals surface area (Å²) in [4.78, 5) is 3.91. The lowest BCUT2D eigenvalue weighted by atomic mass is 10.4. The molecule has 16 heavy (non-hydrogen) atoms. The number of hydrogen-bond donors (Lipinski definition) is 2. The monoisotopic (exact) mass is 329 g/mol. The van der Waals surface area contributed by atoms with E-state index in [1.54, 1.807) is 6.92 Å². The Kier molecular flexibility index (Phi) is 6.42. The van der Waals surface area contributed by atoms with Gasteiger partial charge in [-0.2, -0.15) is 0 Å². The summed E-state index contributed by atoms with van der Waals surface area (Å²) in [5.41, 5.74) is 5.34. The van der Waals surface area contributed by atoms with Crippen molar-refractivity contribution in [3.63, 3.8) is 0 Å². The van der Waals surface area contributed by atoms with E-state index in [0.29, 0.717) is 4.47 Å². The second-order valence-electron chi connectivity index (χ2n) is 3.10. The van der Waals surface area contributed by atoms with Gasteiger partial charge in [0.25, 0.3) is 0 Å². The third-order valence-electron chi connectivity index (χ3n) is 1.70. The van der Waals surface area contributed by atoms with E-state index in [4.69, 9.17) is 5.73 Å². The quantitative estimate of drug-likeness (QED) is 0.858. The van der Waals surface area contributed by atoms with E-state index >= 15 is 0 Å². The standard InChI is InChI=1S/C8H12BrN3O2S.ClH/c1-6(3-10)12-15(13,14)8-2-7(9)4-11-5-8;/h2,4-6,12H,3,10H2,1H3;1H/t6-;/m0./s1. The minimum Gasteiger partial charge on any atom is -0.329 e. The van der Waals surface area contributed by atoms with Crippen LogP contribution in [0.3, 0.4) is 0 Å². The summed E-state index contributed by atoms with van der Waals surface area (Å²) in [6, 6.07) is 1.19. The highest BCUT2D eigenvalue weighted by molar-refractivity contribution is 9.10. The molecule has 1 aromatic rings. The summed E-state index contributed by atoms with van der Waals surface area (Å²) < 4.78 is 26.5. The Hall–Kier alpha value is -0.210. The number of rotatable bonds is 4. The molecular weight excluding hydrogens is 318 g/mol. The van der Waals surface area contributed by atoms with E-state index in [2.05, 4.69) is 25.6 Å². The van der Waals surface area contributed by atoms with Crippen molar-refractivity contribution in [3.05, 3.63) is 22.9 Å². The largest absolute Gasteiger partial charge is 0.329 e. The SMILES string of the molecule is C[C@@H](CN)NS(=O)(=O)c1cncc(Br)c1.Cl. The van der Waals surface area contributed by atoms with Crippen molar-refractivity contribution < 1.29 is 8.42 Å². The van der Waals surface area contributed by atoms with Gasteiger partial charge in [-0.3, -0.25) is 4.98 Å². The predicted molar refractivity (Wildman–Crippen MR) is 68.0 cm³/mol. The Morgan fingerprint density at radius 1 is 1.56 bits per heavy atom. The van der Waals surface area contributed by atoms with Gasteiger partial charge < -0.3 is 5.73 Å². The summed E-state index contributed by atoms with van der Waals surface area (Å²) in [6.07, 6.45) is 2.81. The number of nitrogens with one attached hydrogen (secondary N) is 1. The first kappa shape index (κ1) is 15.8. The first-order chi connectivity index (χ1) is 6.95. The fraction of sp³-hybridized carbons (Fsp3) is 0.375. The third-order valence-corrected chi connectivity index (χ3v) is 3.69. The molecular formula is C8H13BrClN3O2S.